The van der Waals surface area contributed by atoms with Crippen molar-refractivity contribution in [3.05, 3.63) is 0 Å². The average molecular weight is 748 g/mol. The average Bonchev–Trinajstić information content (AvgIpc) is 3.06. The van der Waals surface area contributed by atoms with Gasteiger partial charge in [0.15, 0.2) is 12.6 Å². The van der Waals surface area contributed by atoms with Crippen LogP contribution in [0, 0.1) is 17.8 Å². The number of methoxy groups -OCH3 is 1. The molecular formula is C38H73N3O11. The molecule has 0 amide bonds. The van der Waals surface area contributed by atoms with Crippen LogP contribution in [0.3, 0.4) is 0 Å². The number of esters is 1. The van der Waals surface area contributed by atoms with Gasteiger partial charge in [0.05, 0.1) is 53.7 Å². The van der Waals surface area contributed by atoms with Gasteiger partial charge in [-0.1, -0.05) is 20.8 Å². The van der Waals surface area contributed by atoms with Gasteiger partial charge in [-0.2, -0.15) is 0 Å². The second-order valence-corrected chi connectivity index (χ2v) is 17.2. The first-order chi connectivity index (χ1) is 23.9. The SMILES string of the molecule is CC[C@H]1OC(=O)[C@H](C)[C@@H](O[C@H]2C[C@@](C)(OC)[C@H](N)[C@H](C)O2)[C@H](C)[C@@H](O[C@@H]2O[C@H](C)C[C@H](N(C)C)[C@H]2O)[C@](C)(O)C[C@@H](C)N(C)C[C@H](C)[C@@H](O)[C@]1(C)O. The minimum absolute atomic E-state index is 0.212. The van der Waals surface area contributed by atoms with Gasteiger partial charge in [-0.25, -0.2) is 0 Å². The third-order valence-corrected chi connectivity index (χ3v) is 12.4. The van der Waals surface area contributed by atoms with E-state index in [1.54, 1.807) is 27.9 Å². The van der Waals surface area contributed by atoms with Crippen LogP contribution in [-0.4, -0.2) is 161 Å². The predicted octanol–water partition coefficient (Wildman–Crippen LogP) is 1.87. The molecular weight excluding hydrogens is 674 g/mol. The first-order valence-corrected chi connectivity index (χ1v) is 19.2. The second kappa shape index (κ2) is 17.8. The Balaban J connectivity index is 2.18. The monoisotopic (exact) mass is 748 g/mol. The number of ether oxygens (including phenoxy) is 6. The molecule has 0 bridgehead atoms. The van der Waals surface area contributed by atoms with Crippen LogP contribution in [-0.2, 0) is 33.2 Å². The zero-order valence-electron chi connectivity index (χ0n) is 34.3. The van der Waals surface area contributed by atoms with E-state index >= 15 is 0 Å². The molecule has 3 saturated heterocycles. The number of hydrogen-bond donors (Lipinski definition) is 5. The van der Waals surface area contributed by atoms with Crippen molar-refractivity contribution in [2.24, 2.45) is 23.5 Å². The van der Waals surface area contributed by atoms with Gasteiger partial charge in [0.2, 0.25) is 0 Å². The van der Waals surface area contributed by atoms with E-state index in [9.17, 15) is 25.2 Å². The Hall–Kier alpha value is -1.01. The normalized spacial score (nSPS) is 49.6. The molecule has 14 heteroatoms. The summed E-state index contributed by atoms with van der Waals surface area (Å²) in [6, 6.07) is -0.938. The first kappa shape index (κ1) is 45.4. The molecule has 3 fully saturated rings. The topological polar surface area (TPSA) is 186 Å². The van der Waals surface area contributed by atoms with E-state index in [4.69, 9.17) is 34.2 Å². The first-order valence-electron chi connectivity index (χ1n) is 19.2. The maximum absolute atomic E-state index is 14.2. The Kier molecular flexibility index (Phi) is 15.6. The van der Waals surface area contributed by atoms with Crippen LogP contribution in [0.15, 0.2) is 0 Å². The lowest BCUT2D eigenvalue weighted by atomic mass is 9.78. The van der Waals surface area contributed by atoms with Crippen molar-refractivity contribution in [1.82, 2.24) is 9.80 Å². The van der Waals surface area contributed by atoms with Gasteiger partial charge in [-0.15, -0.1) is 0 Å². The van der Waals surface area contributed by atoms with Crippen molar-refractivity contribution in [3.8, 4) is 0 Å². The third-order valence-electron chi connectivity index (χ3n) is 12.4. The van der Waals surface area contributed by atoms with Crippen LogP contribution >= 0.6 is 0 Å². The standard InChI is InChI=1S/C38H73N3O11/c1-15-27-38(10,46)32(43)20(2)19-41(13)21(3)17-36(8,45)33(52-35-29(42)26(40(11)12)16-22(4)48-35)23(5)30(24(6)34(44)50-27)51-28-18-37(9,47-14)31(39)25(7)49-28/h20-33,35,42-43,45-46H,15-19,39H2,1-14H3/t20-,21+,22+,23-,24+,25-,26-,27+,28-,29+,30-,31+,32+,33+,35-,36+,37+,38+/m0/s1. The molecule has 0 radical (unpaired) electrons. The Morgan fingerprint density at radius 3 is 2.17 bits per heavy atom. The third kappa shape index (κ3) is 10.0. The van der Waals surface area contributed by atoms with E-state index in [1.807, 2.05) is 72.5 Å². The van der Waals surface area contributed by atoms with Crippen molar-refractivity contribution in [1.29, 1.82) is 0 Å². The van der Waals surface area contributed by atoms with E-state index in [0.717, 1.165) is 0 Å². The number of aliphatic hydroxyl groups excluding tert-OH is 2. The van der Waals surface area contributed by atoms with Crippen LogP contribution in [0.5, 0.6) is 0 Å². The highest BCUT2D eigenvalue weighted by molar-refractivity contribution is 5.73. The van der Waals surface area contributed by atoms with E-state index in [0.29, 0.717) is 13.0 Å². The number of likely N-dealkylation sites (N-methyl/N-ethyl adjacent to an activating group) is 1. The van der Waals surface area contributed by atoms with Gasteiger partial charge >= 0.3 is 5.97 Å². The lowest BCUT2D eigenvalue weighted by molar-refractivity contribution is -0.311. The molecule has 6 N–H and O–H groups in total. The number of carbonyl (C=O) groups is 1. The molecule has 0 unspecified atom stereocenters. The zero-order chi connectivity index (χ0) is 39.7. The summed E-state index contributed by atoms with van der Waals surface area (Å²) in [5, 5.41) is 47.2. The molecule has 14 nitrogen and oxygen atoms in total. The molecule has 0 aromatic rings. The van der Waals surface area contributed by atoms with Crippen molar-refractivity contribution >= 4 is 5.97 Å². The van der Waals surface area contributed by atoms with Gasteiger partial charge in [-0.05, 0) is 94.8 Å². The number of carbonyl (C=O) groups excluding carboxylic acids is 1. The Bertz CT molecular complexity index is 1150. The summed E-state index contributed by atoms with van der Waals surface area (Å²) in [5.41, 5.74) is 2.37. The quantitative estimate of drug-likeness (QED) is 0.238. The van der Waals surface area contributed by atoms with Gasteiger partial charge in [0, 0.05) is 38.1 Å². The summed E-state index contributed by atoms with van der Waals surface area (Å²) >= 11 is 0. The molecule has 52 heavy (non-hydrogen) atoms. The van der Waals surface area contributed by atoms with Crippen molar-refractivity contribution < 1.29 is 53.6 Å². The van der Waals surface area contributed by atoms with Gasteiger partial charge in [0.1, 0.15) is 17.8 Å². The summed E-state index contributed by atoms with van der Waals surface area (Å²) in [5.74, 6) is -2.78. The minimum atomic E-state index is -1.76. The maximum atomic E-state index is 14.2. The highest BCUT2D eigenvalue weighted by Crippen LogP contribution is 2.39. The molecule has 3 heterocycles. The van der Waals surface area contributed by atoms with Crippen LogP contribution in [0.1, 0.15) is 94.9 Å². The molecule has 0 spiro atoms. The summed E-state index contributed by atoms with van der Waals surface area (Å²) in [6.45, 7) is 18.3. The van der Waals surface area contributed by atoms with E-state index in [2.05, 4.69) is 0 Å². The van der Waals surface area contributed by atoms with Crippen LogP contribution in [0.25, 0.3) is 0 Å². The largest absolute Gasteiger partial charge is 0.459 e. The zero-order valence-corrected chi connectivity index (χ0v) is 34.3. The Morgan fingerprint density at radius 1 is 1.00 bits per heavy atom. The van der Waals surface area contributed by atoms with E-state index in [-0.39, 0.29) is 37.5 Å². The molecule has 3 aliphatic heterocycles. The number of hydrogen-bond acceptors (Lipinski definition) is 14. The lowest BCUT2D eigenvalue weighted by Crippen LogP contribution is -2.62. The lowest BCUT2D eigenvalue weighted by Gasteiger charge is -2.49. The number of nitrogens with two attached hydrogens (primary N) is 1. The van der Waals surface area contributed by atoms with Gasteiger partial charge in [-0.3, -0.25) is 4.79 Å². The smallest absolute Gasteiger partial charge is 0.311 e. The molecule has 0 aromatic carbocycles. The highest BCUT2D eigenvalue weighted by Gasteiger charge is 2.52. The van der Waals surface area contributed by atoms with Crippen LogP contribution in [0.2, 0.25) is 0 Å². The summed E-state index contributed by atoms with van der Waals surface area (Å²) < 4.78 is 37.9. The highest BCUT2D eigenvalue weighted by atomic mass is 16.7. The fraction of sp³-hybridized carbons (Fsp3) is 0.974. The minimum Gasteiger partial charge on any atom is -0.459 e. The number of rotatable bonds is 7. The second-order valence-electron chi connectivity index (χ2n) is 17.2. The summed E-state index contributed by atoms with van der Waals surface area (Å²) in [7, 11) is 7.27. The van der Waals surface area contributed by atoms with E-state index < -0.39 is 95.8 Å². The Morgan fingerprint density at radius 2 is 1.62 bits per heavy atom. The fourth-order valence-electron chi connectivity index (χ4n) is 8.68. The predicted molar refractivity (Wildman–Crippen MR) is 196 cm³/mol. The molecule has 306 valence electrons. The van der Waals surface area contributed by atoms with Gasteiger partial charge in [0.25, 0.3) is 0 Å². The maximum Gasteiger partial charge on any atom is 0.311 e. The molecule has 0 saturated carbocycles. The molecule has 3 rings (SSSR count). The van der Waals surface area contributed by atoms with Crippen LogP contribution in [0.4, 0.5) is 0 Å². The van der Waals surface area contributed by atoms with Crippen molar-refractivity contribution in [2.75, 3.05) is 34.8 Å². The van der Waals surface area contributed by atoms with E-state index in [1.165, 1.54) is 6.92 Å². The molecule has 0 aliphatic carbocycles. The number of cyclic esters (lactones) is 1. The number of nitrogens with zero attached hydrogens (tertiary/aromatic N) is 2. The summed E-state index contributed by atoms with van der Waals surface area (Å²) in [6.07, 6.45) is -6.65. The molecule has 3 aliphatic rings. The molecule has 0 aromatic heterocycles. The van der Waals surface area contributed by atoms with Crippen molar-refractivity contribution in [2.45, 2.75) is 185 Å². The molecule has 18 atom stereocenters. The fourth-order valence-corrected chi connectivity index (χ4v) is 8.68. The van der Waals surface area contributed by atoms with Crippen LogP contribution < -0.4 is 5.73 Å². The summed E-state index contributed by atoms with van der Waals surface area (Å²) in [4.78, 5) is 18.2. The Labute approximate surface area is 312 Å². The number of aliphatic hydroxyl groups is 4. The van der Waals surface area contributed by atoms with Crippen molar-refractivity contribution in [3.63, 3.8) is 0 Å². The van der Waals surface area contributed by atoms with Gasteiger partial charge < -0.3 is 64.4 Å².